The van der Waals surface area contributed by atoms with Gasteiger partial charge in [0.2, 0.25) is 0 Å². The second-order valence-corrected chi connectivity index (χ2v) is 6.95. The number of likely N-dealkylation sites (N-methyl/N-ethyl adjacent to an activating group) is 1. The third-order valence-corrected chi connectivity index (χ3v) is 5.76. The van der Waals surface area contributed by atoms with Crippen LogP contribution in [0.3, 0.4) is 0 Å². The molecule has 1 aliphatic carbocycles. The van der Waals surface area contributed by atoms with Crippen LogP contribution in [0.25, 0.3) is 0 Å². The molecular formula is C21H25NO4. The maximum atomic E-state index is 5.56. The first-order chi connectivity index (χ1) is 12.6. The Morgan fingerprint density at radius 2 is 1.23 bits per heavy atom. The molecule has 5 heteroatoms. The van der Waals surface area contributed by atoms with E-state index in [-0.39, 0.29) is 5.92 Å². The molecule has 0 radical (unpaired) electrons. The highest BCUT2D eigenvalue weighted by molar-refractivity contribution is 5.59. The van der Waals surface area contributed by atoms with E-state index < -0.39 is 0 Å². The molecule has 0 saturated carbocycles. The van der Waals surface area contributed by atoms with Crippen LogP contribution in [0.2, 0.25) is 0 Å². The van der Waals surface area contributed by atoms with Gasteiger partial charge in [0.05, 0.1) is 28.4 Å². The summed E-state index contributed by atoms with van der Waals surface area (Å²) >= 11 is 0. The van der Waals surface area contributed by atoms with E-state index in [1.165, 1.54) is 22.3 Å². The zero-order valence-corrected chi connectivity index (χ0v) is 16.0. The lowest BCUT2D eigenvalue weighted by atomic mass is 9.84. The molecule has 2 bridgehead atoms. The summed E-state index contributed by atoms with van der Waals surface area (Å²) in [6.45, 7) is 0.968. The Morgan fingerprint density at radius 1 is 0.731 bits per heavy atom. The minimum absolute atomic E-state index is 0.267. The van der Waals surface area contributed by atoms with Crippen LogP contribution in [-0.4, -0.2) is 46.9 Å². The maximum absolute atomic E-state index is 5.56. The van der Waals surface area contributed by atoms with Crippen LogP contribution in [0.15, 0.2) is 24.3 Å². The van der Waals surface area contributed by atoms with E-state index in [1.54, 1.807) is 28.4 Å². The standard InChI is InChI=1S/C21H25NO4/c1-22-11-16-13-8-19(24-3)18(23-2)7-12(13)6-17(22)15-10-21(26-5)20(25-4)9-14(15)16/h7-10,16-17H,6,11H2,1-5H3/t16-,17+/m0/s1. The molecule has 2 aromatic carbocycles. The van der Waals surface area contributed by atoms with Gasteiger partial charge in [0.1, 0.15) is 0 Å². The Morgan fingerprint density at radius 3 is 1.81 bits per heavy atom. The molecule has 0 N–H and O–H groups in total. The van der Waals surface area contributed by atoms with Gasteiger partial charge in [-0.3, -0.25) is 4.90 Å². The molecule has 26 heavy (non-hydrogen) atoms. The summed E-state index contributed by atoms with van der Waals surface area (Å²) in [7, 11) is 8.94. The topological polar surface area (TPSA) is 40.2 Å². The van der Waals surface area contributed by atoms with Crippen LogP contribution < -0.4 is 18.9 Å². The van der Waals surface area contributed by atoms with Crippen LogP contribution >= 0.6 is 0 Å². The van der Waals surface area contributed by atoms with Gasteiger partial charge in [-0.25, -0.2) is 0 Å². The largest absolute Gasteiger partial charge is 0.493 e. The van der Waals surface area contributed by atoms with Crippen molar-refractivity contribution < 1.29 is 18.9 Å². The molecule has 138 valence electrons. The third kappa shape index (κ3) is 2.42. The van der Waals surface area contributed by atoms with Gasteiger partial charge in [-0.2, -0.15) is 0 Å². The summed E-state index contributed by atoms with van der Waals surface area (Å²) < 4.78 is 22.2. The fourth-order valence-corrected chi connectivity index (χ4v) is 4.43. The van der Waals surface area contributed by atoms with Crippen molar-refractivity contribution in [1.29, 1.82) is 0 Å². The van der Waals surface area contributed by atoms with Crippen molar-refractivity contribution in [3.05, 3.63) is 46.5 Å². The quantitative estimate of drug-likeness (QED) is 0.841. The fraction of sp³-hybridized carbons (Fsp3) is 0.429. The number of benzene rings is 2. The maximum Gasteiger partial charge on any atom is 0.161 e. The number of hydrogen-bond donors (Lipinski definition) is 0. The Hall–Kier alpha value is -2.40. The molecule has 2 atom stereocenters. The van der Waals surface area contributed by atoms with E-state index in [9.17, 15) is 0 Å². The number of nitrogens with zero attached hydrogens (tertiary/aromatic N) is 1. The molecule has 2 aliphatic heterocycles. The van der Waals surface area contributed by atoms with Gasteiger partial charge in [0.15, 0.2) is 23.0 Å². The molecule has 0 amide bonds. The lowest BCUT2D eigenvalue weighted by Crippen LogP contribution is -2.33. The first-order valence-electron chi connectivity index (χ1n) is 8.82. The van der Waals surface area contributed by atoms with E-state index in [0.717, 1.165) is 36.0 Å². The lowest BCUT2D eigenvalue weighted by molar-refractivity contribution is 0.225. The van der Waals surface area contributed by atoms with E-state index >= 15 is 0 Å². The van der Waals surface area contributed by atoms with E-state index in [4.69, 9.17) is 18.9 Å². The predicted molar refractivity (Wildman–Crippen MR) is 100 cm³/mol. The Balaban J connectivity index is 1.94. The first kappa shape index (κ1) is 17.0. The van der Waals surface area contributed by atoms with Crippen LogP contribution in [-0.2, 0) is 6.42 Å². The van der Waals surface area contributed by atoms with E-state index in [1.807, 2.05) is 0 Å². The summed E-state index contributed by atoms with van der Waals surface area (Å²) in [6.07, 6.45) is 0.936. The first-order valence-corrected chi connectivity index (χ1v) is 8.82. The molecule has 2 aromatic rings. The molecule has 5 nitrogen and oxygen atoms in total. The van der Waals surface area contributed by atoms with Gasteiger partial charge in [0, 0.05) is 18.5 Å². The highest BCUT2D eigenvalue weighted by atomic mass is 16.5. The fourth-order valence-electron chi connectivity index (χ4n) is 4.43. The van der Waals surface area contributed by atoms with Crippen molar-refractivity contribution in [2.24, 2.45) is 0 Å². The minimum Gasteiger partial charge on any atom is -0.493 e. The minimum atomic E-state index is 0.267. The van der Waals surface area contributed by atoms with Crippen LogP contribution in [0.5, 0.6) is 23.0 Å². The lowest BCUT2D eigenvalue weighted by Gasteiger charge is -2.36. The number of ether oxygens (including phenoxy) is 4. The summed E-state index contributed by atoms with van der Waals surface area (Å²) in [5.41, 5.74) is 5.26. The van der Waals surface area contributed by atoms with Crippen molar-refractivity contribution in [2.45, 2.75) is 18.4 Å². The Bertz CT molecular complexity index is 848. The van der Waals surface area contributed by atoms with E-state index in [2.05, 4.69) is 36.2 Å². The van der Waals surface area contributed by atoms with Gasteiger partial charge < -0.3 is 18.9 Å². The van der Waals surface area contributed by atoms with Gasteiger partial charge in [0.25, 0.3) is 0 Å². The van der Waals surface area contributed by atoms with Crippen LogP contribution in [0, 0.1) is 0 Å². The van der Waals surface area contributed by atoms with Crippen LogP contribution in [0.1, 0.15) is 34.2 Å². The zero-order chi connectivity index (χ0) is 18.4. The zero-order valence-electron chi connectivity index (χ0n) is 16.0. The second kappa shape index (κ2) is 6.40. The monoisotopic (exact) mass is 355 g/mol. The predicted octanol–water partition coefficient (Wildman–Crippen LogP) is 3.40. The summed E-state index contributed by atoms with van der Waals surface area (Å²) in [6, 6.07) is 8.86. The van der Waals surface area contributed by atoms with Gasteiger partial charge >= 0.3 is 0 Å². The highest BCUT2D eigenvalue weighted by Gasteiger charge is 2.38. The second-order valence-electron chi connectivity index (χ2n) is 6.95. The Kier molecular flexibility index (Phi) is 4.19. The molecule has 5 rings (SSSR count). The third-order valence-electron chi connectivity index (χ3n) is 5.76. The average molecular weight is 355 g/mol. The van der Waals surface area contributed by atoms with Crippen molar-refractivity contribution in [1.82, 2.24) is 4.90 Å². The van der Waals surface area contributed by atoms with Gasteiger partial charge in [-0.1, -0.05) is 0 Å². The number of fused-ring (bicyclic) bond motifs is 1. The van der Waals surface area contributed by atoms with Crippen molar-refractivity contribution in [2.75, 3.05) is 42.0 Å². The summed E-state index contributed by atoms with van der Waals surface area (Å²) in [5, 5.41) is 0. The van der Waals surface area contributed by atoms with E-state index in [0.29, 0.717) is 6.04 Å². The molecule has 0 fully saturated rings. The molecule has 3 aliphatic rings. The van der Waals surface area contributed by atoms with Crippen molar-refractivity contribution >= 4 is 0 Å². The number of rotatable bonds is 4. The summed E-state index contributed by atoms with van der Waals surface area (Å²) in [4.78, 5) is 2.43. The summed E-state index contributed by atoms with van der Waals surface area (Å²) in [5.74, 6) is 3.40. The van der Waals surface area contributed by atoms with Gasteiger partial charge in [-0.15, -0.1) is 0 Å². The number of hydrogen-bond acceptors (Lipinski definition) is 5. The number of methoxy groups -OCH3 is 4. The SMILES string of the molecule is COc1cc2c(cc1OC)[C@@H]1CN(C)[C@H](C2)c2cc(OC)c(OC)cc21. The van der Waals surface area contributed by atoms with Crippen molar-refractivity contribution in [3.63, 3.8) is 0 Å². The normalized spacial score (nSPS) is 20.8. The molecule has 0 spiro atoms. The van der Waals surface area contributed by atoms with Crippen molar-refractivity contribution in [3.8, 4) is 23.0 Å². The van der Waals surface area contributed by atoms with Crippen LogP contribution in [0.4, 0.5) is 0 Å². The average Bonchev–Trinajstić information content (AvgIpc) is 2.89. The Labute approximate surface area is 154 Å². The molecule has 0 saturated heterocycles. The highest BCUT2D eigenvalue weighted by Crippen LogP contribution is 2.50. The molecule has 2 heterocycles. The smallest absolute Gasteiger partial charge is 0.161 e. The molecule has 0 aromatic heterocycles. The molecular weight excluding hydrogens is 330 g/mol. The van der Waals surface area contributed by atoms with Gasteiger partial charge in [-0.05, 0) is 60.0 Å². The molecule has 0 unspecified atom stereocenters.